The van der Waals surface area contributed by atoms with E-state index in [0.29, 0.717) is 16.1 Å². The number of rotatable bonds is 5. The van der Waals surface area contributed by atoms with Gasteiger partial charge in [0.1, 0.15) is 10.8 Å². The van der Waals surface area contributed by atoms with E-state index in [-0.39, 0.29) is 12.4 Å². The molecule has 0 atom stereocenters. The number of benzene rings is 1. The van der Waals surface area contributed by atoms with E-state index in [1.165, 1.54) is 24.3 Å². The molecule has 2 aromatic rings. The normalized spacial score (nSPS) is 10.2. The summed E-state index contributed by atoms with van der Waals surface area (Å²) < 4.78 is 10.1. The van der Waals surface area contributed by atoms with Crippen LogP contribution in [0.5, 0.6) is 5.75 Å². The van der Waals surface area contributed by atoms with Gasteiger partial charge in [-0.2, -0.15) is 0 Å². The average molecular weight is 361 g/mol. The molecule has 0 aliphatic carbocycles. The number of nitrogens with one attached hydrogen (secondary N) is 1. The average Bonchev–Trinajstić information content (AvgIpc) is 2.81. The maximum atomic E-state index is 12.5. The van der Waals surface area contributed by atoms with E-state index in [1.807, 2.05) is 13.8 Å². The van der Waals surface area contributed by atoms with Crippen LogP contribution in [0.4, 0.5) is 5.00 Å². The maximum absolute atomic E-state index is 12.5. The van der Waals surface area contributed by atoms with Crippen molar-refractivity contribution in [3.8, 4) is 5.75 Å². The summed E-state index contributed by atoms with van der Waals surface area (Å²) in [5, 5.41) is 3.19. The third-order valence-electron chi connectivity index (χ3n) is 3.45. The van der Waals surface area contributed by atoms with Gasteiger partial charge in [0, 0.05) is 17.4 Å². The van der Waals surface area contributed by atoms with Crippen molar-refractivity contribution in [3.63, 3.8) is 0 Å². The van der Waals surface area contributed by atoms with Crippen LogP contribution in [0.1, 0.15) is 45.0 Å². The summed E-state index contributed by atoms with van der Waals surface area (Å²) in [6.45, 7) is 6.96. The van der Waals surface area contributed by atoms with Gasteiger partial charge in [0.15, 0.2) is 0 Å². The van der Waals surface area contributed by atoms with Gasteiger partial charge in [-0.1, -0.05) is 6.07 Å². The summed E-state index contributed by atoms with van der Waals surface area (Å²) in [6.07, 6.45) is 0. The fourth-order valence-corrected chi connectivity index (χ4v) is 3.25. The monoisotopic (exact) mass is 361 g/mol. The highest BCUT2D eigenvalue weighted by molar-refractivity contribution is 7.16. The topological polar surface area (TPSA) is 81.7 Å². The number of esters is 2. The van der Waals surface area contributed by atoms with Crippen molar-refractivity contribution < 1.29 is 23.9 Å². The first-order valence-electron chi connectivity index (χ1n) is 7.70. The zero-order valence-corrected chi connectivity index (χ0v) is 15.3. The van der Waals surface area contributed by atoms with Crippen molar-refractivity contribution in [1.29, 1.82) is 0 Å². The van der Waals surface area contributed by atoms with E-state index in [9.17, 15) is 14.4 Å². The molecule has 0 bridgehead atoms. The second-order valence-corrected chi connectivity index (χ2v) is 6.51. The Morgan fingerprint density at radius 2 is 1.92 bits per heavy atom. The largest absolute Gasteiger partial charge is 0.462 e. The van der Waals surface area contributed by atoms with Crippen LogP contribution in [-0.4, -0.2) is 24.5 Å². The Kier molecular flexibility index (Phi) is 5.93. The van der Waals surface area contributed by atoms with Crippen LogP contribution in [-0.2, 0) is 9.53 Å². The molecule has 7 heteroatoms. The molecule has 0 spiro atoms. The first-order chi connectivity index (χ1) is 11.8. The zero-order valence-electron chi connectivity index (χ0n) is 14.5. The minimum atomic E-state index is -0.466. The van der Waals surface area contributed by atoms with Gasteiger partial charge in [0.2, 0.25) is 0 Å². The molecule has 0 radical (unpaired) electrons. The number of ether oxygens (including phenoxy) is 2. The molecule has 0 aliphatic heterocycles. The highest BCUT2D eigenvalue weighted by Gasteiger charge is 2.22. The number of aryl methyl sites for hydroxylation is 1. The quantitative estimate of drug-likeness (QED) is 0.648. The Hall–Kier alpha value is -2.67. The van der Waals surface area contributed by atoms with Crippen molar-refractivity contribution in [2.75, 3.05) is 11.9 Å². The van der Waals surface area contributed by atoms with E-state index in [4.69, 9.17) is 9.47 Å². The minimum absolute atomic E-state index is 0.255. The van der Waals surface area contributed by atoms with Crippen molar-refractivity contribution >= 4 is 34.2 Å². The number of thiophene rings is 1. The molecular weight excluding hydrogens is 342 g/mol. The van der Waals surface area contributed by atoms with E-state index in [0.717, 1.165) is 10.4 Å². The third kappa shape index (κ3) is 4.45. The predicted molar refractivity (Wildman–Crippen MR) is 95.5 cm³/mol. The van der Waals surface area contributed by atoms with Gasteiger partial charge in [0.05, 0.1) is 12.2 Å². The van der Waals surface area contributed by atoms with E-state index in [1.54, 1.807) is 25.1 Å². The van der Waals surface area contributed by atoms with Crippen LogP contribution in [0, 0.1) is 13.8 Å². The van der Waals surface area contributed by atoms with Gasteiger partial charge in [0.25, 0.3) is 5.91 Å². The van der Waals surface area contributed by atoms with Crippen LogP contribution < -0.4 is 10.1 Å². The molecule has 0 fully saturated rings. The first-order valence-corrected chi connectivity index (χ1v) is 8.52. The molecule has 0 saturated heterocycles. The Bertz CT molecular complexity index is 825. The van der Waals surface area contributed by atoms with Crippen molar-refractivity contribution in [1.82, 2.24) is 0 Å². The lowest BCUT2D eigenvalue weighted by Crippen LogP contribution is -2.15. The molecule has 0 unspecified atom stereocenters. The first kappa shape index (κ1) is 18.7. The number of hydrogen-bond donors (Lipinski definition) is 1. The van der Waals surface area contributed by atoms with Crippen LogP contribution in [0.3, 0.4) is 0 Å². The predicted octanol–water partition coefficient (Wildman–Crippen LogP) is 3.72. The second kappa shape index (κ2) is 7.94. The molecule has 0 aliphatic rings. The molecule has 0 saturated carbocycles. The van der Waals surface area contributed by atoms with Gasteiger partial charge < -0.3 is 14.8 Å². The van der Waals surface area contributed by atoms with Gasteiger partial charge in [-0.05, 0) is 44.5 Å². The summed E-state index contributed by atoms with van der Waals surface area (Å²) in [6, 6.07) is 6.26. The van der Waals surface area contributed by atoms with Crippen molar-refractivity contribution in [2.45, 2.75) is 27.7 Å². The fraction of sp³-hybridized carbons (Fsp3) is 0.278. The Labute approximate surface area is 149 Å². The number of amides is 1. The summed E-state index contributed by atoms with van der Waals surface area (Å²) in [5.41, 5.74) is 1.47. The molecule has 6 nitrogen and oxygen atoms in total. The molecule has 1 aromatic carbocycles. The lowest BCUT2D eigenvalue weighted by molar-refractivity contribution is -0.131. The summed E-state index contributed by atoms with van der Waals surface area (Å²) in [4.78, 5) is 36.6. The van der Waals surface area contributed by atoms with E-state index >= 15 is 0 Å². The molecular formula is C18H19NO5S. The molecule has 1 aromatic heterocycles. The summed E-state index contributed by atoms with van der Waals surface area (Å²) >= 11 is 1.31. The number of carbonyl (C=O) groups is 3. The van der Waals surface area contributed by atoms with Crippen LogP contribution >= 0.6 is 11.3 Å². The zero-order chi connectivity index (χ0) is 18.6. The Morgan fingerprint density at radius 1 is 1.20 bits per heavy atom. The van der Waals surface area contributed by atoms with Crippen molar-refractivity contribution in [3.05, 3.63) is 45.8 Å². The maximum Gasteiger partial charge on any atom is 0.341 e. The fourth-order valence-electron chi connectivity index (χ4n) is 2.21. The lowest BCUT2D eigenvalue weighted by atomic mass is 10.1. The number of anilines is 1. The molecule has 1 amide bonds. The standard InChI is InChI=1S/C18H19NO5S/c1-5-23-18(22)15-10(2)11(3)25-17(15)19-16(21)13-7-6-8-14(9-13)24-12(4)20/h6-9H,5H2,1-4H3,(H,19,21). The molecule has 2 rings (SSSR count). The Balaban J connectivity index is 2.28. The smallest absolute Gasteiger partial charge is 0.341 e. The summed E-state index contributed by atoms with van der Waals surface area (Å²) in [5.74, 6) is -1.05. The molecule has 132 valence electrons. The second-order valence-electron chi connectivity index (χ2n) is 5.28. The number of hydrogen-bond acceptors (Lipinski definition) is 6. The van der Waals surface area contributed by atoms with E-state index < -0.39 is 17.8 Å². The van der Waals surface area contributed by atoms with E-state index in [2.05, 4.69) is 5.32 Å². The van der Waals surface area contributed by atoms with Gasteiger partial charge in [-0.15, -0.1) is 11.3 Å². The number of carbonyl (C=O) groups excluding carboxylic acids is 3. The van der Waals surface area contributed by atoms with Gasteiger partial charge in [-0.25, -0.2) is 4.79 Å². The van der Waals surface area contributed by atoms with Gasteiger partial charge >= 0.3 is 11.9 Å². The third-order valence-corrected chi connectivity index (χ3v) is 4.57. The van der Waals surface area contributed by atoms with Gasteiger partial charge in [-0.3, -0.25) is 9.59 Å². The molecule has 1 N–H and O–H groups in total. The summed E-state index contributed by atoms with van der Waals surface area (Å²) in [7, 11) is 0. The van der Waals surface area contributed by atoms with Crippen LogP contribution in [0.2, 0.25) is 0 Å². The minimum Gasteiger partial charge on any atom is -0.462 e. The highest BCUT2D eigenvalue weighted by Crippen LogP contribution is 2.33. The van der Waals surface area contributed by atoms with Crippen molar-refractivity contribution in [2.24, 2.45) is 0 Å². The van der Waals surface area contributed by atoms with Crippen LogP contribution in [0.15, 0.2) is 24.3 Å². The SMILES string of the molecule is CCOC(=O)c1c(NC(=O)c2cccc(OC(C)=O)c2)sc(C)c1C. The Morgan fingerprint density at radius 3 is 2.56 bits per heavy atom. The lowest BCUT2D eigenvalue weighted by Gasteiger charge is -2.08. The molecule has 25 heavy (non-hydrogen) atoms. The highest BCUT2D eigenvalue weighted by atomic mass is 32.1. The molecule has 1 heterocycles. The van der Waals surface area contributed by atoms with Crippen LogP contribution in [0.25, 0.3) is 0 Å².